The summed E-state index contributed by atoms with van der Waals surface area (Å²) >= 11 is 5.80. The van der Waals surface area contributed by atoms with Crippen molar-refractivity contribution in [2.75, 3.05) is 4.90 Å². The minimum Gasteiger partial charge on any atom is -0.494 e. The van der Waals surface area contributed by atoms with Gasteiger partial charge in [0.25, 0.3) is 0 Å². The summed E-state index contributed by atoms with van der Waals surface area (Å²) in [6.45, 7) is 0. The van der Waals surface area contributed by atoms with E-state index in [0.29, 0.717) is 16.6 Å². The number of hydrogen-bond acceptors (Lipinski definition) is 4. The van der Waals surface area contributed by atoms with Crippen molar-refractivity contribution in [2.24, 2.45) is 0 Å². The van der Waals surface area contributed by atoms with Gasteiger partial charge >= 0.3 is 0 Å². The molecule has 6 heteroatoms. The average Bonchev–Trinajstić information content (AvgIpc) is 2.68. The molecule has 3 rings (SSSR count). The second kappa shape index (κ2) is 3.96. The van der Waals surface area contributed by atoms with Crippen molar-refractivity contribution in [3.05, 3.63) is 41.4 Å². The van der Waals surface area contributed by atoms with Crippen LogP contribution in [-0.4, -0.2) is 21.0 Å². The highest BCUT2D eigenvalue weighted by Crippen LogP contribution is 2.24. The normalized spacial score (nSPS) is 15.3. The zero-order chi connectivity index (χ0) is 12.7. The van der Waals surface area contributed by atoms with Crippen LogP contribution in [0.2, 0.25) is 5.15 Å². The van der Waals surface area contributed by atoms with Crippen molar-refractivity contribution in [2.45, 2.75) is 6.42 Å². The Morgan fingerprint density at radius 3 is 2.72 bits per heavy atom. The highest BCUT2D eigenvalue weighted by molar-refractivity contribution is 6.29. The van der Waals surface area contributed by atoms with Gasteiger partial charge in [0.05, 0.1) is 6.42 Å². The Morgan fingerprint density at radius 2 is 2.00 bits per heavy atom. The molecule has 2 aromatic rings. The van der Waals surface area contributed by atoms with Gasteiger partial charge in [-0.2, -0.15) is 0 Å². The van der Waals surface area contributed by atoms with Gasteiger partial charge in [-0.25, -0.2) is 14.9 Å². The first-order chi connectivity index (χ1) is 8.65. The van der Waals surface area contributed by atoms with Crippen molar-refractivity contribution in [3.63, 3.8) is 0 Å². The van der Waals surface area contributed by atoms with Crippen molar-refractivity contribution in [1.82, 2.24) is 9.97 Å². The molecular weight excluding hydrogens is 254 g/mol. The van der Waals surface area contributed by atoms with Crippen LogP contribution < -0.4 is 4.90 Å². The van der Waals surface area contributed by atoms with E-state index >= 15 is 0 Å². The number of carbonyl (C=O) groups excluding carboxylic acids is 1. The van der Waals surface area contributed by atoms with E-state index in [9.17, 15) is 9.90 Å². The lowest BCUT2D eigenvalue weighted by atomic mass is 10.3. The number of anilines is 1. The molecule has 0 radical (unpaired) electrons. The predicted octanol–water partition coefficient (Wildman–Crippen LogP) is 2.42. The molecule has 0 atom stereocenters. The Labute approximate surface area is 107 Å². The van der Waals surface area contributed by atoms with Crippen LogP contribution in [-0.2, 0) is 4.79 Å². The molecule has 18 heavy (non-hydrogen) atoms. The van der Waals surface area contributed by atoms with E-state index in [1.54, 1.807) is 24.3 Å². The minimum absolute atomic E-state index is 0.103. The summed E-state index contributed by atoms with van der Waals surface area (Å²) < 4.78 is 0. The van der Waals surface area contributed by atoms with E-state index in [-0.39, 0.29) is 18.2 Å². The SMILES string of the molecule is O=C1CC=C(O)N1c1ccc2ccc(Cl)nc2n1. The van der Waals surface area contributed by atoms with Crippen LogP contribution in [0.15, 0.2) is 36.2 Å². The molecule has 0 fully saturated rings. The standard InChI is InChI=1S/C12H8ClN3O2/c13-8-3-1-7-2-4-9(15-12(7)14-8)16-10(17)5-6-11(16)18/h1-5,17H,6H2. The van der Waals surface area contributed by atoms with E-state index < -0.39 is 0 Å². The van der Waals surface area contributed by atoms with Gasteiger partial charge < -0.3 is 5.11 Å². The van der Waals surface area contributed by atoms with Crippen molar-refractivity contribution in [3.8, 4) is 0 Å². The fourth-order valence-corrected chi connectivity index (χ4v) is 1.97. The summed E-state index contributed by atoms with van der Waals surface area (Å²) in [7, 11) is 0. The van der Waals surface area contributed by atoms with Crippen LogP contribution in [0.25, 0.3) is 11.0 Å². The second-order valence-corrected chi connectivity index (χ2v) is 4.23. The molecule has 0 aromatic carbocycles. The molecule has 0 spiro atoms. The molecule has 0 unspecified atom stereocenters. The van der Waals surface area contributed by atoms with Crippen molar-refractivity contribution >= 4 is 34.4 Å². The van der Waals surface area contributed by atoms with Gasteiger partial charge in [0.2, 0.25) is 5.91 Å². The summed E-state index contributed by atoms with van der Waals surface area (Å²) in [5.74, 6) is 0.0174. The van der Waals surface area contributed by atoms with E-state index in [1.165, 1.54) is 6.08 Å². The number of aliphatic hydroxyl groups is 1. The highest BCUT2D eigenvalue weighted by Gasteiger charge is 2.25. The number of pyridine rings is 2. The number of hydrogen-bond donors (Lipinski definition) is 1. The van der Waals surface area contributed by atoms with E-state index in [4.69, 9.17) is 11.6 Å². The Balaban J connectivity index is 2.13. The Bertz CT molecular complexity index is 684. The van der Waals surface area contributed by atoms with Crippen molar-refractivity contribution in [1.29, 1.82) is 0 Å². The Hall–Kier alpha value is -2.14. The van der Waals surface area contributed by atoms with Crippen LogP contribution in [0.1, 0.15) is 6.42 Å². The molecule has 0 saturated carbocycles. The van der Waals surface area contributed by atoms with Crippen molar-refractivity contribution < 1.29 is 9.90 Å². The maximum absolute atomic E-state index is 11.6. The largest absolute Gasteiger partial charge is 0.494 e. The smallest absolute Gasteiger partial charge is 0.239 e. The minimum atomic E-state index is -0.221. The van der Waals surface area contributed by atoms with Gasteiger partial charge in [-0.1, -0.05) is 11.6 Å². The third-order valence-electron chi connectivity index (χ3n) is 2.67. The maximum Gasteiger partial charge on any atom is 0.239 e. The van der Waals surface area contributed by atoms with Crippen LogP contribution in [0, 0.1) is 0 Å². The lowest BCUT2D eigenvalue weighted by Crippen LogP contribution is -2.25. The van der Waals surface area contributed by atoms with Crippen LogP contribution in [0.4, 0.5) is 5.82 Å². The first-order valence-electron chi connectivity index (χ1n) is 5.30. The molecule has 1 N–H and O–H groups in total. The number of halogens is 1. The first-order valence-corrected chi connectivity index (χ1v) is 5.68. The average molecular weight is 262 g/mol. The number of fused-ring (bicyclic) bond motifs is 1. The number of carbonyl (C=O) groups is 1. The fraction of sp³-hybridized carbons (Fsp3) is 0.0833. The lowest BCUT2D eigenvalue weighted by molar-refractivity contribution is -0.117. The third kappa shape index (κ3) is 1.69. The maximum atomic E-state index is 11.6. The van der Waals surface area contributed by atoms with Gasteiger partial charge in [-0.15, -0.1) is 0 Å². The molecule has 2 aromatic heterocycles. The highest BCUT2D eigenvalue weighted by atomic mass is 35.5. The zero-order valence-corrected chi connectivity index (χ0v) is 9.92. The molecule has 0 bridgehead atoms. The molecule has 0 aliphatic carbocycles. The number of nitrogens with zero attached hydrogens (tertiary/aromatic N) is 3. The monoisotopic (exact) mass is 261 g/mol. The number of aliphatic hydroxyl groups excluding tert-OH is 1. The summed E-state index contributed by atoms with van der Waals surface area (Å²) in [5.41, 5.74) is 0.438. The topological polar surface area (TPSA) is 66.3 Å². The van der Waals surface area contributed by atoms with Gasteiger partial charge in [0.1, 0.15) is 11.0 Å². The Kier molecular flexibility index (Phi) is 2.41. The number of aromatic nitrogens is 2. The van der Waals surface area contributed by atoms with Gasteiger partial charge in [0, 0.05) is 5.39 Å². The van der Waals surface area contributed by atoms with E-state index in [0.717, 1.165) is 10.3 Å². The molecular formula is C12H8ClN3O2. The third-order valence-corrected chi connectivity index (χ3v) is 2.88. The molecule has 1 aliphatic rings. The van der Waals surface area contributed by atoms with Gasteiger partial charge in [-0.3, -0.25) is 4.79 Å². The number of rotatable bonds is 1. The van der Waals surface area contributed by atoms with Gasteiger partial charge in [0.15, 0.2) is 11.5 Å². The summed E-state index contributed by atoms with van der Waals surface area (Å²) in [4.78, 5) is 21.1. The predicted molar refractivity (Wildman–Crippen MR) is 67.4 cm³/mol. The van der Waals surface area contributed by atoms with Gasteiger partial charge in [-0.05, 0) is 30.3 Å². The lowest BCUT2D eigenvalue weighted by Gasteiger charge is -2.15. The molecule has 5 nitrogen and oxygen atoms in total. The van der Waals surface area contributed by atoms with Crippen LogP contribution >= 0.6 is 11.6 Å². The molecule has 3 heterocycles. The second-order valence-electron chi connectivity index (χ2n) is 3.85. The van der Waals surface area contributed by atoms with Crippen LogP contribution in [0.3, 0.4) is 0 Å². The summed E-state index contributed by atoms with van der Waals surface area (Å²) in [6, 6.07) is 6.90. The zero-order valence-electron chi connectivity index (χ0n) is 9.17. The molecule has 90 valence electrons. The Morgan fingerprint density at radius 1 is 1.22 bits per heavy atom. The number of amides is 1. The van der Waals surface area contributed by atoms with E-state index in [1.807, 2.05) is 0 Å². The molecule has 1 aliphatic heterocycles. The van der Waals surface area contributed by atoms with Crippen LogP contribution in [0.5, 0.6) is 0 Å². The summed E-state index contributed by atoms with van der Waals surface area (Å²) in [5, 5.41) is 10.8. The summed E-state index contributed by atoms with van der Waals surface area (Å²) in [6.07, 6.45) is 1.62. The quantitative estimate of drug-likeness (QED) is 0.801. The fourth-order valence-electron chi connectivity index (χ4n) is 1.82. The van der Waals surface area contributed by atoms with E-state index in [2.05, 4.69) is 9.97 Å². The first kappa shape index (κ1) is 11.0. The molecule has 0 saturated heterocycles. The molecule has 1 amide bonds.